The molecule has 6 heteroatoms. The second-order valence-corrected chi connectivity index (χ2v) is 4.37. The van der Waals surface area contributed by atoms with Crippen molar-refractivity contribution in [2.24, 2.45) is 0 Å². The van der Waals surface area contributed by atoms with E-state index in [1.165, 1.54) is 12.1 Å². The number of hydrogen-bond acceptors (Lipinski definition) is 4. The summed E-state index contributed by atoms with van der Waals surface area (Å²) >= 11 is 0. The zero-order valence-electron chi connectivity index (χ0n) is 11.2. The third-order valence-corrected chi connectivity index (χ3v) is 3.16. The normalized spacial score (nSPS) is 12.3. The number of nitro groups is 1. The Kier molecular flexibility index (Phi) is 4.14. The topological polar surface area (TPSA) is 68.3 Å². The van der Waals surface area contributed by atoms with Crippen LogP contribution in [0.5, 0.6) is 0 Å². The number of halogens is 1. The molecule has 20 heavy (non-hydrogen) atoms. The molecule has 2 rings (SSSR count). The highest BCUT2D eigenvalue weighted by atomic mass is 19.1. The summed E-state index contributed by atoms with van der Waals surface area (Å²) in [4.78, 5) is 9.95. The molecule has 0 aliphatic heterocycles. The first kappa shape index (κ1) is 14.2. The van der Waals surface area contributed by atoms with Crippen molar-refractivity contribution in [3.8, 4) is 11.3 Å². The predicted octanol–water partition coefficient (Wildman–Crippen LogP) is 3.66. The van der Waals surface area contributed by atoms with E-state index in [-0.39, 0.29) is 17.3 Å². The van der Waals surface area contributed by atoms with Gasteiger partial charge in [0.2, 0.25) is 0 Å². The minimum atomic E-state index is -0.669. The monoisotopic (exact) mass is 278 g/mol. The Morgan fingerprint density at radius 3 is 2.70 bits per heavy atom. The van der Waals surface area contributed by atoms with Gasteiger partial charge in [0.05, 0.1) is 22.6 Å². The van der Waals surface area contributed by atoms with Gasteiger partial charge in [0.1, 0.15) is 17.3 Å². The van der Waals surface area contributed by atoms with E-state index in [0.29, 0.717) is 11.5 Å². The maximum absolute atomic E-state index is 13.9. The van der Waals surface area contributed by atoms with Gasteiger partial charge in [0, 0.05) is 6.07 Å². The lowest BCUT2D eigenvalue weighted by atomic mass is 10.1. The number of furan rings is 1. The average Bonchev–Trinajstić information content (AvgIpc) is 2.89. The van der Waals surface area contributed by atoms with Crippen LogP contribution in [0.3, 0.4) is 0 Å². The standard InChI is InChI=1S/C14H15FN2O3/c1-3-12(16-2)14-7-6-13(20-14)10-5-4-9(17(18)19)8-11(10)15/h4-8,12,16H,3H2,1-2H3. The Bertz CT molecular complexity index is 621. The van der Waals surface area contributed by atoms with E-state index in [0.717, 1.165) is 12.5 Å². The number of benzene rings is 1. The molecule has 1 atom stereocenters. The summed E-state index contributed by atoms with van der Waals surface area (Å²) in [7, 11) is 1.82. The van der Waals surface area contributed by atoms with Crippen molar-refractivity contribution in [1.82, 2.24) is 5.32 Å². The van der Waals surface area contributed by atoms with E-state index in [1.54, 1.807) is 12.1 Å². The molecule has 0 aliphatic carbocycles. The molecule has 0 saturated carbocycles. The number of hydrogen-bond donors (Lipinski definition) is 1. The highest BCUT2D eigenvalue weighted by molar-refractivity contribution is 5.60. The van der Waals surface area contributed by atoms with Crippen LogP contribution in [0, 0.1) is 15.9 Å². The summed E-state index contributed by atoms with van der Waals surface area (Å²) in [6, 6.07) is 7.02. The van der Waals surface area contributed by atoms with Gasteiger partial charge in [-0.25, -0.2) is 4.39 Å². The lowest BCUT2D eigenvalue weighted by molar-refractivity contribution is -0.385. The fraction of sp³-hybridized carbons (Fsp3) is 0.286. The van der Waals surface area contributed by atoms with Crippen LogP contribution in [-0.2, 0) is 0 Å². The van der Waals surface area contributed by atoms with Crippen molar-refractivity contribution in [3.05, 3.63) is 52.0 Å². The van der Waals surface area contributed by atoms with E-state index in [9.17, 15) is 14.5 Å². The minimum Gasteiger partial charge on any atom is -0.459 e. The van der Waals surface area contributed by atoms with E-state index in [4.69, 9.17) is 4.42 Å². The van der Waals surface area contributed by atoms with Crippen molar-refractivity contribution >= 4 is 5.69 Å². The number of rotatable bonds is 5. The summed E-state index contributed by atoms with van der Waals surface area (Å²) in [6.45, 7) is 2.01. The molecule has 0 saturated heterocycles. The molecule has 5 nitrogen and oxygen atoms in total. The molecule has 106 valence electrons. The van der Waals surface area contributed by atoms with Crippen molar-refractivity contribution in [3.63, 3.8) is 0 Å². The molecule has 2 aromatic rings. The molecule has 0 fully saturated rings. The van der Waals surface area contributed by atoms with Crippen molar-refractivity contribution < 1.29 is 13.7 Å². The Morgan fingerprint density at radius 2 is 2.15 bits per heavy atom. The predicted molar refractivity (Wildman–Crippen MR) is 72.8 cm³/mol. The minimum absolute atomic E-state index is 0.0601. The summed E-state index contributed by atoms with van der Waals surface area (Å²) in [5.74, 6) is 0.404. The Labute approximate surface area is 115 Å². The molecular weight excluding hydrogens is 263 g/mol. The number of nitro benzene ring substituents is 1. The number of nitrogens with zero attached hydrogens (tertiary/aromatic N) is 1. The second kappa shape index (κ2) is 5.83. The fourth-order valence-electron chi connectivity index (χ4n) is 2.05. The van der Waals surface area contributed by atoms with Crippen molar-refractivity contribution in [2.45, 2.75) is 19.4 Å². The summed E-state index contributed by atoms with van der Waals surface area (Å²) in [6.07, 6.45) is 0.839. The Balaban J connectivity index is 2.35. The Morgan fingerprint density at radius 1 is 1.40 bits per heavy atom. The van der Waals surface area contributed by atoms with Gasteiger partial charge in [-0.15, -0.1) is 0 Å². The van der Waals surface area contributed by atoms with Crippen molar-refractivity contribution in [1.29, 1.82) is 0 Å². The molecule has 1 aromatic carbocycles. The maximum atomic E-state index is 13.9. The zero-order chi connectivity index (χ0) is 14.7. The molecule has 0 radical (unpaired) electrons. The molecule has 1 unspecified atom stereocenters. The summed E-state index contributed by atoms with van der Waals surface area (Å²) < 4.78 is 19.5. The molecule has 1 N–H and O–H groups in total. The van der Waals surface area contributed by atoms with Gasteiger partial charge in [-0.05, 0) is 31.7 Å². The van der Waals surface area contributed by atoms with E-state index < -0.39 is 10.7 Å². The molecular formula is C14H15FN2O3. The average molecular weight is 278 g/mol. The van der Waals surface area contributed by atoms with Crippen molar-refractivity contribution in [2.75, 3.05) is 7.05 Å². The maximum Gasteiger partial charge on any atom is 0.272 e. The van der Waals surface area contributed by atoms with Crippen LogP contribution in [-0.4, -0.2) is 12.0 Å². The molecule has 0 amide bonds. The number of nitrogens with one attached hydrogen (secondary N) is 1. The van der Waals surface area contributed by atoms with Crippen LogP contribution in [0.4, 0.5) is 10.1 Å². The van der Waals surface area contributed by atoms with Gasteiger partial charge < -0.3 is 9.73 Å². The van der Waals surface area contributed by atoms with Crippen LogP contribution in [0.15, 0.2) is 34.7 Å². The van der Waals surface area contributed by atoms with Crippen LogP contribution in [0.25, 0.3) is 11.3 Å². The quantitative estimate of drug-likeness (QED) is 0.669. The largest absolute Gasteiger partial charge is 0.459 e. The second-order valence-electron chi connectivity index (χ2n) is 4.37. The molecule has 0 spiro atoms. The van der Waals surface area contributed by atoms with Gasteiger partial charge in [-0.1, -0.05) is 6.92 Å². The van der Waals surface area contributed by atoms with Gasteiger partial charge in [0.25, 0.3) is 5.69 Å². The third-order valence-electron chi connectivity index (χ3n) is 3.16. The third kappa shape index (κ3) is 2.70. The SMILES string of the molecule is CCC(NC)c1ccc(-c2ccc([N+](=O)[O-])cc2F)o1. The fourth-order valence-corrected chi connectivity index (χ4v) is 2.05. The van der Waals surface area contributed by atoms with E-state index in [1.807, 2.05) is 14.0 Å². The highest BCUT2D eigenvalue weighted by Gasteiger charge is 2.17. The molecule has 1 heterocycles. The molecule has 1 aromatic heterocycles. The summed E-state index contributed by atoms with van der Waals surface area (Å²) in [5.41, 5.74) is -0.0625. The number of non-ortho nitro benzene ring substituents is 1. The van der Waals surface area contributed by atoms with Crippen LogP contribution >= 0.6 is 0 Å². The lowest BCUT2D eigenvalue weighted by Gasteiger charge is -2.10. The lowest BCUT2D eigenvalue weighted by Crippen LogP contribution is -2.14. The first-order valence-corrected chi connectivity index (χ1v) is 6.28. The molecule has 0 aliphatic rings. The van der Waals surface area contributed by atoms with Crippen LogP contribution in [0.2, 0.25) is 0 Å². The van der Waals surface area contributed by atoms with Gasteiger partial charge >= 0.3 is 0 Å². The first-order valence-electron chi connectivity index (χ1n) is 6.28. The zero-order valence-corrected chi connectivity index (χ0v) is 11.2. The smallest absolute Gasteiger partial charge is 0.272 e. The van der Waals surface area contributed by atoms with Crippen LogP contribution < -0.4 is 5.32 Å². The van der Waals surface area contributed by atoms with Gasteiger partial charge in [-0.3, -0.25) is 10.1 Å². The molecule has 0 bridgehead atoms. The Hall–Kier alpha value is -2.21. The summed E-state index contributed by atoms with van der Waals surface area (Å²) in [5, 5.41) is 13.7. The van der Waals surface area contributed by atoms with Crippen LogP contribution in [0.1, 0.15) is 25.1 Å². The van der Waals surface area contributed by atoms with Gasteiger partial charge in [0.15, 0.2) is 0 Å². The van der Waals surface area contributed by atoms with E-state index in [2.05, 4.69) is 5.32 Å². The first-order chi connectivity index (χ1) is 9.56. The van der Waals surface area contributed by atoms with E-state index >= 15 is 0 Å². The highest BCUT2D eigenvalue weighted by Crippen LogP contribution is 2.30. The van der Waals surface area contributed by atoms with Gasteiger partial charge in [-0.2, -0.15) is 0 Å².